The number of carbonyl (C=O) groups is 1. The number of rotatable bonds is 8. The summed E-state index contributed by atoms with van der Waals surface area (Å²) >= 11 is 0. The van der Waals surface area contributed by atoms with Gasteiger partial charge in [0.2, 0.25) is 10.0 Å². The summed E-state index contributed by atoms with van der Waals surface area (Å²) in [5.74, 6) is -0.609. The molecule has 1 fully saturated rings. The Labute approximate surface area is 168 Å². The van der Waals surface area contributed by atoms with E-state index in [1.165, 1.54) is 16.4 Å². The highest BCUT2D eigenvalue weighted by atomic mass is 32.2. The third-order valence-corrected chi connectivity index (χ3v) is 6.42. The van der Waals surface area contributed by atoms with Crippen LogP contribution in [0.1, 0.15) is 18.4 Å². The molecule has 1 aliphatic rings. The molecule has 29 heavy (non-hydrogen) atoms. The lowest BCUT2D eigenvalue weighted by molar-refractivity contribution is -0.386. The molecule has 0 radical (unpaired) electrons. The number of hydrogen-bond acceptors (Lipinski definition) is 6. The van der Waals surface area contributed by atoms with Crippen molar-refractivity contribution < 1.29 is 22.9 Å². The van der Waals surface area contributed by atoms with Crippen LogP contribution in [-0.4, -0.2) is 43.2 Å². The van der Waals surface area contributed by atoms with Gasteiger partial charge in [-0.05, 0) is 30.5 Å². The van der Waals surface area contributed by atoms with E-state index in [-0.39, 0.29) is 10.6 Å². The first-order valence-corrected chi connectivity index (χ1v) is 10.5. The van der Waals surface area contributed by atoms with E-state index in [9.17, 15) is 23.3 Å². The number of nitro benzene ring substituents is 1. The highest BCUT2D eigenvalue weighted by Gasteiger charge is 2.30. The number of nitrogens with one attached hydrogen (secondary N) is 1. The molecule has 1 aliphatic heterocycles. The van der Waals surface area contributed by atoms with Gasteiger partial charge in [0, 0.05) is 25.7 Å². The summed E-state index contributed by atoms with van der Waals surface area (Å²) < 4.78 is 31.8. The molecule has 2 aromatic carbocycles. The molecular weight excluding hydrogens is 398 g/mol. The Morgan fingerprint density at radius 3 is 2.48 bits per heavy atom. The topological polar surface area (TPSA) is 119 Å². The molecule has 0 spiro atoms. The van der Waals surface area contributed by atoms with Crippen LogP contribution in [0.5, 0.6) is 5.75 Å². The van der Waals surface area contributed by atoms with Gasteiger partial charge in [-0.2, -0.15) is 4.31 Å². The molecule has 0 atom stereocenters. The number of nitrogens with zero attached hydrogens (tertiary/aromatic N) is 2. The number of carbonyl (C=O) groups excluding carboxylic acids is 1. The Morgan fingerprint density at radius 1 is 1.14 bits per heavy atom. The van der Waals surface area contributed by atoms with Crippen molar-refractivity contribution in [3.8, 4) is 5.75 Å². The molecule has 0 aromatic heterocycles. The fourth-order valence-electron chi connectivity index (χ4n) is 2.99. The van der Waals surface area contributed by atoms with Gasteiger partial charge in [0.05, 0.1) is 9.82 Å². The summed E-state index contributed by atoms with van der Waals surface area (Å²) in [5, 5.41) is 14.0. The van der Waals surface area contributed by atoms with Crippen molar-refractivity contribution in [2.45, 2.75) is 24.3 Å². The number of benzene rings is 2. The maximum absolute atomic E-state index is 12.6. The minimum absolute atomic E-state index is 0.160. The second-order valence-corrected chi connectivity index (χ2v) is 8.49. The van der Waals surface area contributed by atoms with Crippen LogP contribution in [0.2, 0.25) is 0 Å². The van der Waals surface area contributed by atoms with Crippen LogP contribution in [0.25, 0.3) is 0 Å². The van der Waals surface area contributed by atoms with Gasteiger partial charge in [-0.15, -0.1) is 0 Å². The smallest absolute Gasteiger partial charge is 0.312 e. The summed E-state index contributed by atoms with van der Waals surface area (Å²) in [4.78, 5) is 22.5. The first kappa shape index (κ1) is 20.7. The fourth-order valence-corrected chi connectivity index (χ4v) is 4.53. The quantitative estimate of drug-likeness (QED) is 0.517. The van der Waals surface area contributed by atoms with E-state index in [4.69, 9.17) is 4.74 Å². The molecule has 1 heterocycles. The summed E-state index contributed by atoms with van der Waals surface area (Å²) in [6, 6.07) is 12.7. The molecule has 1 saturated heterocycles. The van der Waals surface area contributed by atoms with Crippen molar-refractivity contribution in [2.24, 2.45) is 0 Å². The van der Waals surface area contributed by atoms with Gasteiger partial charge >= 0.3 is 5.69 Å². The summed E-state index contributed by atoms with van der Waals surface area (Å²) in [7, 11) is -3.79. The number of sulfonamides is 1. The average molecular weight is 419 g/mol. The molecule has 10 heteroatoms. The van der Waals surface area contributed by atoms with Gasteiger partial charge < -0.3 is 10.1 Å². The SMILES string of the molecule is O=C(COc1ccc(S(=O)(=O)N2CCCC2)cc1[N+](=O)[O-])NCc1ccccc1. The monoisotopic (exact) mass is 419 g/mol. The second-order valence-electron chi connectivity index (χ2n) is 6.55. The molecule has 2 aromatic rings. The summed E-state index contributed by atoms with van der Waals surface area (Å²) in [6.07, 6.45) is 1.53. The van der Waals surface area contributed by atoms with Crippen LogP contribution in [-0.2, 0) is 21.4 Å². The Bertz CT molecular complexity index is 988. The highest BCUT2D eigenvalue weighted by molar-refractivity contribution is 7.89. The van der Waals surface area contributed by atoms with Crippen molar-refractivity contribution in [2.75, 3.05) is 19.7 Å². The van der Waals surface area contributed by atoms with Crippen LogP contribution >= 0.6 is 0 Å². The Balaban J connectivity index is 1.67. The molecule has 0 aliphatic carbocycles. The predicted molar refractivity (Wildman–Crippen MR) is 105 cm³/mol. The van der Waals surface area contributed by atoms with Crippen molar-refractivity contribution in [3.05, 3.63) is 64.2 Å². The Kier molecular flexibility index (Phi) is 6.45. The molecule has 0 bridgehead atoms. The third kappa shape index (κ3) is 5.09. The lowest BCUT2D eigenvalue weighted by Gasteiger charge is -2.16. The van der Waals surface area contributed by atoms with Gasteiger partial charge in [-0.25, -0.2) is 8.42 Å². The minimum Gasteiger partial charge on any atom is -0.477 e. The largest absolute Gasteiger partial charge is 0.477 e. The zero-order valence-corrected chi connectivity index (χ0v) is 16.4. The van der Waals surface area contributed by atoms with Crippen molar-refractivity contribution >= 4 is 21.6 Å². The number of ether oxygens (including phenoxy) is 1. The average Bonchev–Trinajstić information content (AvgIpc) is 3.27. The van der Waals surface area contributed by atoms with E-state index in [1.807, 2.05) is 30.3 Å². The molecule has 154 valence electrons. The predicted octanol–water partition coefficient (Wildman–Crippen LogP) is 2.07. The highest BCUT2D eigenvalue weighted by Crippen LogP contribution is 2.31. The van der Waals surface area contributed by atoms with Gasteiger partial charge in [0.15, 0.2) is 12.4 Å². The Hall–Kier alpha value is -2.98. The molecule has 1 amide bonds. The van der Waals surface area contributed by atoms with Crippen LogP contribution in [0, 0.1) is 10.1 Å². The zero-order valence-electron chi connectivity index (χ0n) is 15.6. The van der Waals surface area contributed by atoms with E-state index in [2.05, 4.69) is 5.32 Å². The number of amides is 1. The van der Waals surface area contributed by atoms with E-state index in [1.54, 1.807) is 0 Å². The molecule has 0 saturated carbocycles. The minimum atomic E-state index is -3.79. The van der Waals surface area contributed by atoms with E-state index < -0.39 is 33.1 Å². The third-order valence-electron chi connectivity index (χ3n) is 4.52. The van der Waals surface area contributed by atoms with E-state index in [0.717, 1.165) is 24.5 Å². The summed E-state index contributed by atoms with van der Waals surface area (Å²) in [6.45, 7) is 0.677. The maximum atomic E-state index is 12.6. The van der Waals surface area contributed by atoms with Gasteiger partial charge in [0.1, 0.15) is 0 Å². The second kappa shape index (κ2) is 9.01. The summed E-state index contributed by atoms with van der Waals surface area (Å²) in [5.41, 5.74) is 0.407. The molecule has 9 nitrogen and oxygen atoms in total. The normalized spacial score (nSPS) is 14.5. The van der Waals surface area contributed by atoms with Crippen LogP contribution in [0.3, 0.4) is 0 Å². The van der Waals surface area contributed by atoms with Gasteiger partial charge in [-0.3, -0.25) is 14.9 Å². The van der Waals surface area contributed by atoms with E-state index >= 15 is 0 Å². The lowest BCUT2D eigenvalue weighted by atomic mass is 10.2. The fraction of sp³-hybridized carbons (Fsp3) is 0.316. The van der Waals surface area contributed by atoms with Gasteiger partial charge in [-0.1, -0.05) is 30.3 Å². The van der Waals surface area contributed by atoms with Crippen molar-refractivity contribution in [3.63, 3.8) is 0 Å². The molecule has 1 N–H and O–H groups in total. The van der Waals surface area contributed by atoms with Gasteiger partial charge in [0.25, 0.3) is 5.91 Å². The maximum Gasteiger partial charge on any atom is 0.312 e. The Morgan fingerprint density at radius 2 is 1.83 bits per heavy atom. The van der Waals surface area contributed by atoms with Crippen LogP contribution < -0.4 is 10.1 Å². The number of nitro groups is 1. The van der Waals surface area contributed by atoms with Crippen molar-refractivity contribution in [1.29, 1.82) is 0 Å². The molecular formula is C19H21N3O6S. The molecule has 3 rings (SSSR count). The lowest BCUT2D eigenvalue weighted by Crippen LogP contribution is -2.29. The van der Waals surface area contributed by atoms with Crippen molar-refractivity contribution in [1.82, 2.24) is 9.62 Å². The first-order chi connectivity index (χ1) is 13.9. The zero-order chi connectivity index (χ0) is 20.9. The van der Waals surface area contributed by atoms with Crippen LogP contribution in [0.4, 0.5) is 5.69 Å². The van der Waals surface area contributed by atoms with E-state index in [0.29, 0.717) is 19.6 Å². The van der Waals surface area contributed by atoms with Crippen LogP contribution in [0.15, 0.2) is 53.4 Å². The molecule has 0 unspecified atom stereocenters. The standard InChI is InChI=1S/C19H21N3O6S/c23-19(20-13-15-6-2-1-3-7-15)14-28-18-9-8-16(12-17(18)22(24)25)29(26,27)21-10-4-5-11-21/h1-3,6-9,12H,4-5,10-11,13-14H2,(H,20,23). The number of hydrogen-bond donors (Lipinski definition) is 1. The first-order valence-electron chi connectivity index (χ1n) is 9.10.